The van der Waals surface area contributed by atoms with Crippen molar-refractivity contribution in [3.8, 4) is 0 Å². The van der Waals surface area contributed by atoms with Gasteiger partial charge >= 0.3 is 0 Å². The quantitative estimate of drug-likeness (QED) is 0.711. The predicted molar refractivity (Wildman–Crippen MR) is 84.5 cm³/mol. The Morgan fingerprint density at radius 3 is 2.80 bits per heavy atom. The van der Waals surface area contributed by atoms with Gasteiger partial charge in [0.2, 0.25) is 0 Å². The summed E-state index contributed by atoms with van der Waals surface area (Å²) in [6, 6.07) is 0. The van der Waals surface area contributed by atoms with E-state index in [0.29, 0.717) is 31.6 Å². The number of halogens is 1. The van der Waals surface area contributed by atoms with E-state index in [4.69, 9.17) is 5.73 Å². The highest BCUT2D eigenvalue weighted by Gasteiger charge is 2.22. The number of aliphatic hydroxyl groups excluding tert-OH is 1. The first-order valence-corrected chi connectivity index (χ1v) is 7.33. The molecule has 1 rings (SSSR count). The standard InChI is InChI=1S/C13H23N3O2S.ClH/c1-9(17)6-13(2,3)8-15-12(18)10-7-19-11(16-10)4-5-14;/h7,9,17H,4-6,8,14H2,1-3H3,(H,15,18);1H. The molecular formula is C13H24ClN3O2S. The number of carbonyl (C=O) groups is 1. The molecule has 0 aliphatic heterocycles. The van der Waals surface area contributed by atoms with E-state index in [-0.39, 0.29) is 29.8 Å². The van der Waals surface area contributed by atoms with Gasteiger partial charge in [-0.3, -0.25) is 4.79 Å². The zero-order valence-corrected chi connectivity index (χ0v) is 13.8. The zero-order valence-electron chi connectivity index (χ0n) is 12.2. The fraction of sp³-hybridized carbons (Fsp3) is 0.692. The van der Waals surface area contributed by atoms with Gasteiger partial charge in [-0.25, -0.2) is 4.98 Å². The van der Waals surface area contributed by atoms with E-state index in [2.05, 4.69) is 10.3 Å². The summed E-state index contributed by atoms with van der Waals surface area (Å²) in [6.45, 7) is 6.83. The van der Waals surface area contributed by atoms with Crippen molar-refractivity contribution in [1.29, 1.82) is 0 Å². The van der Waals surface area contributed by atoms with Crippen LogP contribution in [-0.2, 0) is 6.42 Å². The topological polar surface area (TPSA) is 88.2 Å². The van der Waals surface area contributed by atoms with Crippen molar-refractivity contribution in [3.63, 3.8) is 0 Å². The van der Waals surface area contributed by atoms with Crippen molar-refractivity contribution < 1.29 is 9.90 Å². The molecule has 20 heavy (non-hydrogen) atoms. The van der Waals surface area contributed by atoms with Gasteiger partial charge in [0.05, 0.1) is 11.1 Å². The molecule has 0 saturated heterocycles. The molecule has 1 aromatic rings. The highest BCUT2D eigenvalue weighted by Crippen LogP contribution is 2.21. The minimum atomic E-state index is -0.373. The fourth-order valence-corrected chi connectivity index (χ4v) is 2.73. The Hall–Kier alpha value is -0.690. The first-order valence-electron chi connectivity index (χ1n) is 6.45. The summed E-state index contributed by atoms with van der Waals surface area (Å²) in [5.41, 5.74) is 5.76. The van der Waals surface area contributed by atoms with Gasteiger partial charge < -0.3 is 16.2 Å². The molecule has 116 valence electrons. The largest absolute Gasteiger partial charge is 0.393 e. The van der Waals surface area contributed by atoms with Gasteiger partial charge in [-0.05, 0) is 25.3 Å². The van der Waals surface area contributed by atoms with Crippen molar-refractivity contribution in [2.45, 2.75) is 39.7 Å². The first-order chi connectivity index (χ1) is 8.84. The van der Waals surface area contributed by atoms with Crippen LogP contribution < -0.4 is 11.1 Å². The SMILES string of the molecule is CC(O)CC(C)(C)CNC(=O)c1csc(CCN)n1.Cl. The third-order valence-corrected chi connectivity index (χ3v) is 3.63. The Morgan fingerprint density at radius 2 is 2.25 bits per heavy atom. The van der Waals surface area contributed by atoms with Gasteiger partial charge in [-0.2, -0.15) is 0 Å². The van der Waals surface area contributed by atoms with Crippen molar-refractivity contribution in [2.24, 2.45) is 11.1 Å². The third kappa shape index (κ3) is 6.65. The minimum Gasteiger partial charge on any atom is -0.393 e. The molecule has 5 nitrogen and oxygen atoms in total. The molecule has 0 aromatic carbocycles. The Balaban J connectivity index is 0.00000361. The van der Waals surface area contributed by atoms with E-state index >= 15 is 0 Å². The number of nitrogens with zero attached hydrogens (tertiary/aromatic N) is 1. The van der Waals surface area contributed by atoms with Crippen LogP contribution in [-0.4, -0.2) is 35.2 Å². The van der Waals surface area contributed by atoms with Gasteiger partial charge in [0, 0.05) is 18.3 Å². The molecule has 0 saturated carbocycles. The number of thiazole rings is 1. The van der Waals surface area contributed by atoms with Crippen LogP contribution in [0.15, 0.2) is 5.38 Å². The van der Waals surface area contributed by atoms with Gasteiger partial charge in [-0.15, -0.1) is 23.7 Å². The average Bonchev–Trinajstić information content (AvgIpc) is 2.73. The molecule has 0 spiro atoms. The van der Waals surface area contributed by atoms with Crippen LogP contribution in [0.5, 0.6) is 0 Å². The number of carbonyl (C=O) groups excluding carboxylic acids is 1. The van der Waals surface area contributed by atoms with E-state index in [1.54, 1.807) is 12.3 Å². The smallest absolute Gasteiger partial charge is 0.270 e. The maximum absolute atomic E-state index is 11.9. The first kappa shape index (κ1) is 19.3. The number of aliphatic hydroxyl groups is 1. The lowest BCUT2D eigenvalue weighted by Crippen LogP contribution is -2.35. The highest BCUT2D eigenvalue weighted by atomic mass is 35.5. The van der Waals surface area contributed by atoms with Crippen molar-refractivity contribution >= 4 is 29.7 Å². The van der Waals surface area contributed by atoms with Crippen LogP contribution in [0.4, 0.5) is 0 Å². The Bertz CT molecular complexity index is 422. The van der Waals surface area contributed by atoms with Gasteiger partial charge in [-0.1, -0.05) is 13.8 Å². The number of rotatable bonds is 7. The summed E-state index contributed by atoms with van der Waals surface area (Å²) in [4.78, 5) is 16.2. The lowest BCUT2D eigenvalue weighted by Gasteiger charge is -2.26. The molecule has 0 radical (unpaired) electrons. The van der Waals surface area contributed by atoms with E-state index in [1.807, 2.05) is 13.8 Å². The zero-order chi connectivity index (χ0) is 14.5. The highest BCUT2D eigenvalue weighted by molar-refractivity contribution is 7.09. The molecule has 0 fully saturated rings. The summed E-state index contributed by atoms with van der Waals surface area (Å²) < 4.78 is 0. The van der Waals surface area contributed by atoms with E-state index < -0.39 is 0 Å². The van der Waals surface area contributed by atoms with Crippen LogP contribution in [0.3, 0.4) is 0 Å². The van der Waals surface area contributed by atoms with Gasteiger partial charge in [0.1, 0.15) is 5.69 Å². The number of nitrogens with one attached hydrogen (secondary N) is 1. The summed E-state index contributed by atoms with van der Waals surface area (Å²) in [6.07, 6.45) is 0.969. The predicted octanol–water partition coefficient (Wildman–Crippen LogP) is 1.59. The Morgan fingerprint density at radius 1 is 1.60 bits per heavy atom. The van der Waals surface area contributed by atoms with Crippen LogP contribution >= 0.6 is 23.7 Å². The summed E-state index contributed by atoms with van der Waals surface area (Å²) in [7, 11) is 0. The number of amides is 1. The fourth-order valence-electron chi connectivity index (χ4n) is 1.94. The minimum absolute atomic E-state index is 0. The molecule has 1 aromatic heterocycles. The molecule has 0 bridgehead atoms. The lowest BCUT2D eigenvalue weighted by atomic mass is 9.87. The van der Waals surface area contributed by atoms with Crippen LogP contribution in [0.2, 0.25) is 0 Å². The second-order valence-electron chi connectivity index (χ2n) is 5.57. The number of hydrogen-bond donors (Lipinski definition) is 3. The normalized spacial score (nSPS) is 12.7. The Kier molecular flexibility index (Phi) is 8.27. The molecule has 1 unspecified atom stereocenters. The van der Waals surface area contributed by atoms with Crippen LogP contribution in [0.25, 0.3) is 0 Å². The molecule has 7 heteroatoms. The summed E-state index contributed by atoms with van der Waals surface area (Å²) in [5.74, 6) is -0.168. The monoisotopic (exact) mass is 321 g/mol. The molecule has 0 aliphatic rings. The number of hydrogen-bond acceptors (Lipinski definition) is 5. The maximum Gasteiger partial charge on any atom is 0.270 e. The van der Waals surface area contributed by atoms with Crippen LogP contribution in [0, 0.1) is 5.41 Å². The van der Waals surface area contributed by atoms with Crippen LogP contribution in [0.1, 0.15) is 42.7 Å². The molecule has 0 aliphatic carbocycles. The number of nitrogens with two attached hydrogens (primary N) is 1. The lowest BCUT2D eigenvalue weighted by molar-refractivity contribution is 0.0898. The Labute approximate surface area is 130 Å². The van der Waals surface area contributed by atoms with E-state index in [0.717, 1.165) is 5.01 Å². The molecule has 1 amide bonds. The molecule has 1 heterocycles. The second-order valence-corrected chi connectivity index (χ2v) is 6.51. The number of aromatic nitrogens is 1. The maximum atomic E-state index is 11.9. The van der Waals surface area contributed by atoms with Crippen molar-refractivity contribution in [3.05, 3.63) is 16.1 Å². The van der Waals surface area contributed by atoms with Crippen molar-refractivity contribution in [2.75, 3.05) is 13.1 Å². The molecule has 1 atom stereocenters. The van der Waals surface area contributed by atoms with E-state index in [1.165, 1.54) is 11.3 Å². The molecular weight excluding hydrogens is 298 g/mol. The van der Waals surface area contributed by atoms with E-state index in [9.17, 15) is 9.90 Å². The average molecular weight is 322 g/mol. The molecule has 4 N–H and O–H groups in total. The summed E-state index contributed by atoms with van der Waals surface area (Å²) >= 11 is 1.45. The summed E-state index contributed by atoms with van der Waals surface area (Å²) in [5, 5.41) is 14.9. The second kappa shape index (κ2) is 8.56. The van der Waals surface area contributed by atoms with Gasteiger partial charge in [0.15, 0.2) is 0 Å². The van der Waals surface area contributed by atoms with Gasteiger partial charge in [0.25, 0.3) is 5.91 Å². The van der Waals surface area contributed by atoms with Crippen molar-refractivity contribution in [1.82, 2.24) is 10.3 Å². The third-order valence-electron chi connectivity index (χ3n) is 2.72.